The molecule has 2 saturated heterocycles. The van der Waals surface area contributed by atoms with Crippen LogP contribution >= 0.6 is 11.3 Å². The van der Waals surface area contributed by atoms with E-state index in [-0.39, 0.29) is 85.5 Å². The molecule has 3 atom stereocenters. The summed E-state index contributed by atoms with van der Waals surface area (Å²) in [6.07, 6.45) is 3.16. The molecule has 96 heavy (non-hydrogen) atoms. The van der Waals surface area contributed by atoms with E-state index in [2.05, 4.69) is 46.7 Å². The molecule has 0 saturated carbocycles. The molecule has 10 rings (SSSR count). The average molecular weight is 1330 g/mol. The summed E-state index contributed by atoms with van der Waals surface area (Å²) < 4.78 is 24.6. The van der Waals surface area contributed by atoms with Gasteiger partial charge in [0.2, 0.25) is 35.5 Å². The predicted molar refractivity (Wildman–Crippen MR) is 361 cm³/mol. The number of β-amino-alcohol motifs (C(OH)–C–C–N with tert-alkyl or cyclic N) is 1. The van der Waals surface area contributed by atoms with Crippen LogP contribution in [-0.4, -0.2) is 178 Å². The molecule has 2 aliphatic heterocycles. The topological polar surface area (TPSA) is 344 Å². The molecule has 7 heterocycles. The molecule has 0 radical (unpaired) electrons. The van der Waals surface area contributed by atoms with E-state index in [0.29, 0.717) is 78.7 Å². The molecular formula is C67H83N17O11S. The zero-order valence-corrected chi connectivity index (χ0v) is 56.3. The van der Waals surface area contributed by atoms with Crippen molar-refractivity contribution in [2.45, 2.75) is 126 Å². The van der Waals surface area contributed by atoms with Gasteiger partial charge in [0.05, 0.1) is 71.5 Å². The fraction of sp³-hybridized carbons (Fsp3) is 0.433. The molecule has 28 nitrogen and oxygen atoms in total. The molecule has 3 aromatic carbocycles. The summed E-state index contributed by atoms with van der Waals surface area (Å²) in [5.74, 6) is -2.94. The summed E-state index contributed by atoms with van der Waals surface area (Å²) in [6.45, 7) is 19.6. The molecule has 0 unspecified atom stereocenters. The smallest absolute Gasteiger partial charge is 0.276 e. The maximum absolute atomic E-state index is 14.4. The van der Waals surface area contributed by atoms with Gasteiger partial charge in [-0.25, -0.2) is 15.0 Å². The van der Waals surface area contributed by atoms with E-state index in [1.54, 1.807) is 94.2 Å². The number of fused-ring (bicyclic) bond motifs is 2. The Morgan fingerprint density at radius 2 is 1.39 bits per heavy atom. The number of allylic oxidation sites excluding steroid dienone is 2. The third-order valence-electron chi connectivity index (χ3n) is 16.8. The number of rotatable bonds is 27. The SMILES string of the molecule is CCn1nc(C)cc1C(=O)Nc1nc2cc(C(=O)NCCC(=O)N[C@@H](C(=O)N3C[C@H](O)C[C@H]3C(=O)NCc3ccc(-c4scnc4C)cc3)C(C)(C)C)cc(OC)c2n1C/C=C/Cn1c(NC(=O)c2cc(C)nn2CC)nc2cc(C(N)=O)cc(OCCCN3CCOCC3)c21. The number of morpholine rings is 1. The van der Waals surface area contributed by atoms with E-state index >= 15 is 0 Å². The zero-order valence-electron chi connectivity index (χ0n) is 55.5. The van der Waals surface area contributed by atoms with Crippen LogP contribution in [0, 0.1) is 26.2 Å². The molecule has 2 fully saturated rings. The monoisotopic (exact) mass is 1330 g/mol. The van der Waals surface area contributed by atoms with Crippen molar-refractivity contribution in [3.63, 3.8) is 0 Å². The summed E-state index contributed by atoms with van der Waals surface area (Å²) >= 11 is 1.55. The number of aryl methyl sites for hydroxylation is 5. The Hall–Kier alpha value is -9.84. The van der Waals surface area contributed by atoms with Crippen molar-refractivity contribution in [2.24, 2.45) is 11.1 Å². The first-order valence-corrected chi connectivity index (χ1v) is 32.9. The summed E-state index contributed by atoms with van der Waals surface area (Å²) in [5.41, 5.74) is 13.3. The van der Waals surface area contributed by atoms with Gasteiger partial charge in [0.1, 0.15) is 46.0 Å². The van der Waals surface area contributed by atoms with Crippen LogP contribution in [0.25, 0.3) is 32.5 Å². The number of nitrogens with two attached hydrogens (primary N) is 1. The summed E-state index contributed by atoms with van der Waals surface area (Å²) in [5, 5.41) is 34.2. The van der Waals surface area contributed by atoms with E-state index in [1.165, 1.54) is 24.1 Å². The third kappa shape index (κ3) is 15.9. The van der Waals surface area contributed by atoms with E-state index in [9.17, 15) is 38.7 Å². The molecule has 8 N–H and O–H groups in total. The molecule has 5 aromatic heterocycles. The highest BCUT2D eigenvalue weighted by Crippen LogP contribution is 2.35. The summed E-state index contributed by atoms with van der Waals surface area (Å²) in [6, 6.07) is 15.2. The highest BCUT2D eigenvalue weighted by molar-refractivity contribution is 7.13. The number of anilines is 2. The number of methoxy groups -OCH3 is 1. The first kappa shape index (κ1) is 69.0. The maximum Gasteiger partial charge on any atom is 0.276 e. The van der Waals surface area contributed by atoms with Crippen LogP contribution in [0.5, 0.6) is 11.5 Å². The number of aromatic nitrogens is 9. The fourth-order valence-corrected chi connectivity index (χ4v) is 12.7. The highest BCUT2D eigenvalue weighted by Gasteiger charge is 2.44. The number of ether oxygens (including phenoxy) is 3. The van der Waals surface area contributed by atoms with Gasteiger partial charge in [-0.05, 0) is 94.0 Å². The van der Waals surface area contributed by atoms with Crippen LogP contribution in [-0.2, 0) is 51.8 Å². The van der Waals surface area contributed by atoms with Crippen LogP contribution in [0.15, 0.2) is 78.3 Å². The second kappa shape index (κ2) is 30.3. The minimum atomic E-state index is -1.10. The number of amides is 7. The quantitative estimate of drug-likeness (QED) is 0.0237. The number of hydrogen-bond acceptors (Lipinski definition) is 18. The van der Waals surface area contributed by atoms with Gasteiger partial charge in [-0.15, -0.1) is 11.3 Å². The Kier molecular flexibility index (Phi) is 21.8. The largest absolute Gasteiger partial charge is 0.494 e. The van der Waals surface area contributed by atoms with Gasteiger partial charge >= 0.3 is 0 Å². The van der Waals surface area contributed by atoms with Crippen LogP contribution in [0.1, 0.15) is 118 Å². The lowest BCUT2D eigenvalue weighted by Crippen LogP contribution is -2.57. The first-order valence-electron chi connectivity index (χ1n) is 32.1. The lowest BCUT2D eigenvalue weighted by Gasteiger charge is -2.35. The van der Waals surface area contributed by atoms with Crippen LogP contribution < -0.4 is 41.8 Å². The van der Waals surface area contributed by atoms with Crippen molar-refractivity contribution < 1.29 is 52.9 Å². The minimum absolute atomic E-state index is 0.0215. The molecule has 0 aliphatic carbocycles. The van der Waals surface area contributed by atoms with Crippen molar-refractivity contribution in [3.05, 3.63) is 123 Å². The standard InChI is InChI=1S/C67H83N17O11S/c1-10-83-50(29-39(3)77-83)62(90)75-65-73-48-32-45(60(88)69-20-19-54(86)74-58(67(6,7)8)64(92)82-37-46(85)35-49(82)61(89)70-36-42-15-17-43(18-16-42)57-41(5)71-38-96-57)34-52(93-9)55(48)80(65)22-12-13-23-81-56-47(72-66(81)76-63(91)51-30-40(4)78-84(51)11-2)31-44(59(68)87)33-53(56)95-26-14-21-79-24-27-94-28-25-79/h12-13,15-18,29-34,38,46,49,58,85H,10-11,14,19-28,35-37H2,1-9H3,(H2,68,87)(H,69,88)(H,70,89)(H,74,86)(H,72,76,91)(H,73,75,90)/b13-12+/t46-,49+,58+/m1/s1. The second-order valence-electron chi connectivity index (χ2n) is 24.8. The highest BCUT2D eigenvalue weighted by atomic mass is 32.1. The van der Waals surface area contributed by atoms with Gasteiger partial charge < -0.3 is 55.0 Å². The number of thiazole rings is 1. The van der Waals surface area contributed by atoms with Crippen LogP contribution in [0.2, 0.25) is 0 Å². The second-order valence-corrected chi connectivity index (χ2v) is 25.7. The van der Waals surface area contributed by atoms with Crippen molar-refractivity contribution in [1.82, 2.24) is 69.4 Å². The first-order chi connectivity index (χ1) is 46.0. The zero-order chi connectivity index (χ0) is 68.5. The number of nitrogens with one attached hydrogen (secondary N) is 5. The molecule has 29 heteroatoms. The number of likely N-dealkylation sites (tertiary alicyclic amines) is 1. The Labute approximate surface area is 558 Å². The Bertz CT molecular complexity index is 4230. The number of primary amides is 1. The Balaban J connectivity index is 0.863. The molecule has 508 valence electrons. The number of imidazole rings is 2. The molecular weight excluding hydrogens is 1250 g/mol. The number of nitrogens with zero attached hydrogens (tertiary/aromatic N) is 11. The third-order valence-corrected chi connectivity index (χ3v) is 17.7. The molecule has 0 bridgehead atoms. The number of hydrogen-bond donors (Lipinski definition) is 7. The average Bonchev–Trinajstić information content (AvgIpc) is 1.57. The lowest BCUT2D eigenvalue weighted by molar-refractivity contribution is -0.144. The predicted octanol–water partition coefficient (Wildman–Crippen LogP) is 5.77. The normalized spacial score (nSPS) is 15.5. The van der Waals surface area contributed by atoms with Gasteiger partial charge in [-0.1, -0.05) is 57.2 Å². The Morgan fingerprint density at radius 3 is 1.95 bits per heavy atom. The number of carbonyl (C=O) groups excluding carboxylic acids is 7. The molecule has 2 aliphatic rings. The van der Waals surface area contributed by atoms with Crippen molar-refractivity contribution in [1.29, 1.82) is 0 Å². The van der Waals surface area contributed by atoms with E-state index < -0.39 is 65.0 Å². The molecule has 8 aromatic rings. The van der Waals surface area contributed by atoms with Crippen molar-refractivity contribution >= 4 is 86.7 Å². The maximum atomic E-state index is 14.4. The van der Waals surface area contributed by atoms with Crippen LogP contribution in [0.3, 0.4) is 0 Å². The number of benzene rings is 3. The van der Waals surface area contributed by atoms with Gasteiger partial charge in [0, 0.05) is 89.4 Å². The number of carbonyl (C=O) groups is 7. The van der Waals surface area contributed by atoms with E-state index in [1.807, 2.05) is 57.2 Å². The van der Waals surface area contributed by atoms with Gasteiger partial charge in [-0.2, -0.15) is 10.2 Å². The van der Waals surface area contributed by atoms with Crippen molar-refractivity contribution in [3.8, 4) is 21.9 Å². The van der Waals surface area contributed by atoms with Crippen LogP contribution in [0.4, 0.5) is 11.9 Å². The minimum Gasteiger partial charge on any atom is -0.494 e. The molecule has 7 amide bonds. The lowest BCUT2D eigenvalue weighted by atomic mass is 9.85. The molecule has 0 spiro atoms. The summed E-state index contributed by atoms with van der Waals surface area (Å²) in [4.78, 5) is 116. The van der Waals surface area contributed by atoms with Gasteiger partial charge in [0.25, 0.3) is 17.7 Å². The summed E-state index contributed by atoms with van der Waals surface area (Å²) in [7, 11) is 1.44. The van der Waals surface area contributed by atoms with Crippen molar-refractivity contribution in [2.75, 3.05) is 70.3 Å². The number of aliphatic hydroxyl groups is 1. The van der Waals surface area contributed by atoms with Gasteiger partial charge in [-0.3, -0.25) is 58.5 Å². The van der Waals surface area contributed by atoms with Gasteiger partial charge in [0.15, 0.2) is 0 Å². The van der Waals surface area contributed by atoms with E-state index in [4.69, 9.17) is 29.9 Å². The van der Waals surface area contributed by atoms with E-state index in [0.717, 1.165) is 41.3 Å². The Morgan fingerprint density at radius 1 is 0.792 bits per heavy atom. The number of aliphatic hydroxyl groups excluding tert-OH is 1. The fourth-order valence-electron chi connectivity index (χ4n) is 11.9.